The second-order valence-electron chi connectivity index (χ2n) is 6.43. The molecular weight excluding hydrogens is 311 g/mol. The van der Waals surface area contributed by atoms with Crippen molar-refractivity contribution in [2.45, 2.75) is 44.3 Å². The Balaban J connectivity index is 1.42. The monoisotopic (exact) mass is 330 g/mol. The number of likely N-dealkylation sites (tertiary alicyclic amines) is 1. The summed E-state index contributed by atoms with van der Waals surface area (Å²) in [6, 6.07) is 6.21. The number of carbonyl (C=O) groups excluding carboxylic acids is 1. The molecule has 6 nitrogen and oxygen atoms in total. The molecule has 2 aliphatic rings. The van der Waals surface area contributed by atoms with Crippen molar-refractivity contribution in [3.8, 4) is 11.4 Å². The molecule has 1 saturated heterocycles. The summed E-state index contributed by atoms with van der Waals surface area (Å²) in [6.07, 6.45) is 4.02. The first-order valence-corrected chi connectivity index (χ1v) is 8.32. The number of benzene rings is 1. The third kappa shape index (κ3) is 3.31. The molecule has 1 aromatic heterocycles. The second-order valence-corrected chi connectivity index (χ2v) is 6.43. The van der Waals surface area contributed by atoms with Crippen LogP contribution in [0.1, 0.15) is 31.6 Å². The highest BCUT2D eigenvalue weighted by Crippen LogP contribution is 2.24. The number of amides is 1. The zero-order valence-corrected chi connectivity index (χ0v) is 13.2. The summed E-state index contributed by atoms with van der Waals surface area (Å²) in [5, 5.41) is 7.02. The topological polar surface area (TPSA) is 71.3 Å². The van der Waals surface area contributed by atoms with Crippen molar-refractivity contribution in [1.82, 2.24) is 20.4 Å². The Morgan fingerprint density at radius 2 is 2.08 bits per heavy atom. The molecule has 2 aromatic rings. The lowest BCUT2D eigenvalue weighted by atomic mass is 10.2. The number of hydrogen-bond acceptors (Lipinski definition) is 5. The van der Waals surface area contributed by atoms with E-state index in [-0.39, 0.29) is 17.8 Å². The predicted octanol–water partition coefficient (Wildman–Crippen LogP) is 2.12. The molecule has 2 fully saturated rings. The molecule has 0 bridgehead atoms. The first-order chi connectivity index (χ1) is 11.7. The summed E-state index contributed by atoms with van der Waals surface area (Å²) < 4.78 is 18.3. The van der Waals surface area contributed by atoms with Gasteiger partial charge in [-0.15, -0.1) is 0 Å². The fraction of sp³-hybridized carbons (Fsp3) is 0.471. The fourth-order valence-electron chi connectivity index (χ4n) is 3.05. The van der Waals surface area contributed by atoms with Crippen LogP contribution >= 0.6 is 0 Å². The van der Waals surface area contributed by atoms with Gasteiger partial charge < -0.3 is 9.84 Å². The summed E-state index contributed by atoms with van der Waals surface area (Å²) in [4.78, 5) is 18.8. The van der Waals surface area contributed by atoms with Gasteiger partial charge in [-0.2, -0.15) is 4.98 Å². The van der Waals surface area contributed by atoms with Crippen molar-refractivity contribution in [3.05, 3.63) is 36.0 Å². The maximum atomic E-state index is 13.0. The van der Waals surface area contributed by atoms with E-state index in [9.17, 15) is 9.18 Å². The molecule has 1 aromatic carbocycles. The van der Waals surface area contributed by atoms with Gasteiger partial charge in [-0.3, -0.25) is 9.69 Å². The Labute approximate surface area is 139 Å². The molecule has 1 amide bonds. The smallest absolute Gasteiger partial charge is 0.241 e. The van der Waals surface area contributed by atoms with Crippen LogP contribution in [0.4, 0.5) is 4.39 Å². The van der Waals surface area contributed by atoms with Crippen LogP contribution in [0.15, 0.2) is 28.8 Å². The average Bonchev–Trinajstić information content (AvgIpc) is 3.09. The highest BCUT2D eigenvalue weighted by Gasteiger charge is 2.34. The zero-order valence-electron chi connectivity index (χ0n) is 13.2. The third-order valence-corrected chi connectivity index (χ3v) is 4.50. The highest BCUT2D eigenvalue weighted by molar-refractivity contribution is 5.82. The lowest BCUT2D eigenvalue weighted by Gasteiger charge is -2.21. The van der Waals surface area contributed by atoms with E-state index in [4.69, 9.17) is 4.52 Å². The molecule has 1 unspecified atom stereocenters. The van der Waals surface area contributed by atoms with Crippen LogP contribution in [0.3, 0.4) is 0 Å². The van der Waals surface area contributed by atoms with Crippen LogP contribution in [0.2, 0.25) is 0 Å². The molecule has 0 radical (unpaired) electrons. The van der Waals surface area contributed by atoms with Gasteiger partial charge in [0.15, 0.2) is 0 Å². The Hall–Kier alpha value is -2.28. The number of nitrogens with zero attached hydrogens (tertiary/aromatic N) is 3. The van der Waals surface area contributed by atoms with Crippen LogP contribution in [-0.4, -0.2) is 39.6 Å². The van der Waals surface area contributed by atoms with E-state index >= 15 is 0 Å². The van der Waals surface area contributed by atoms with Crippen molar-refractivity contribution in [1.29, 1.82) is 0 Å². The Morgan fingerprint density at radius 1 is 1.29 bits per heavy atom. The number of nitrogens with one attached hydrogen (secondary N) is 1. The standard InChI is InChI=1S/C17H19FN4O2/c18-12-5-3-11(4-6-12)16-20-15(24-21-16)10-22-9-1-2-14(22)17(23)19-13-7-8-13/h3-6,13-14H,1-2,7-10H2,(H,19,23). The van der Waals surface area contributed by atoms with Crippen LogP contribution in [-0.2, 0) is 11.3 Å². The summed E-state index contributed by atoms with van der Waals surface area (Å²) in [7, 11) is 0. The average molecular weight is 330 g/mol. The molecule has 1 N–H and O–H groups in total. The number of hydrogen-bond donors (Lipinski definition) is 1. The van der Waals surface area contributed by atoms with E-state index in [1.165, 1.54) is 12.1 Å². The Bertz CT molecular complexity index is 726. The van der Waals surface area contributed by atoms with E-state index in [1.54, 1.807) is 12.1 Å². The van der Waals surface area contributed by atoms with Gasteiger partial charge in [0.2, 0.25) is 17.6 Å². The van der Waals surface area contributed by atoms with Crippen LogP contribution < -0.4 is 5.32 Å². The Kier molecular flexibility index (Phi) is 4.02. The third-order valence-electron chi connectivity index (χ3n) is 4.50. The molecular formula is C17H19FN4O2. The molecule has 1 saturated carbocycles. The van der Waals surface area contributed by atoms with Gasteiger partial charge >= 0.3 is 0 Å². The summed E-state index contributed by atoms with van der Waals surface area (Å²) >= 11 is 0. The van der Waals surface area contributed by atoms with E-state index in [0.29, 0.717) is 29.9 Å². The molecule has 7 heteroatoms. The lowest BCUT2D eigenvalue weighted by Crippen LogP contribution is -2.43. The lowest BCUT2D eigenvalue weighted by molar-refractivity contribution is -0.125. The number of carbonyl (C=O) groups is 1. The van der Waals surface area contributed by atoms with Gasteiger partial charge in [0.25, 0.3) is 0 Å². The van der Waals surface area contributed by atoms with Crippen molar-refractivity contribution in [2.24, 2.45) is 0 Å². The minimum atomic E-state index is -0.302. The summed E-state index contributed by atoms with van der Waals surface area (Å²) in [6.45, 7) is 1.30. The van der Waals surface area contributed by atoms with Crippen molar-refractivity contribution in [2.75, 3.05) is 6.54 Å². The van der Waals surface area contributed by atoms with Gasteiger partial charge in [0.05, 0.1) is 12.6 Å². The summed E-state index contributed by atoms with van der Waals surface area (Å²) in [5.41, 5.74) is 0.704. The van der Waals surface area contributed by atoms with Gasteiger partial charge in [-0.05, 0) is 56.5 Å². The normalized spacial score (nSPS) is 21.1. The zero-order chi connectivity index (χ0) is 16.5. The van der Waals surface area contributed by atoms with Gasteiger partial charge in [-0.1, -0.05) is 5.16 Å². The molecule has 1 aliphatic carbocycles. The molecule has 4 rings (SSSR count). The van der Waals surface area contributed by atoms with Gasteiger partial charge in [0, 0.05) is 11.6 Å². The first kappa shape index (κ1) is 15.3. The SMILES string of the molecule is O=C(NC1CC1)C1CCCN1Cc1nc(-c2ccc(F)cc2)no1. The Morgan fingerprint density at radius 3 is 2.83 bits per heavy atom. The van der Waals surface area contributed by atoms with Crippen molar-refractivity contribution < 1.29 is 13.7 Å². The summed E-state index contributed by atoms with van der Waals surface area (Å²) in [5.74, 6) is 0.709. The van der Waals surface area contributed by atoms with Crippen LogP contribution in [0.25, 0.3) is 11.4 Å². The van der Waals surface area contributed by atoms with Crippen molar-refractivity contribution >= 4 is 5.91 Å². The van der Waals surface area contributed by atoms with E-state index in [1.807, 2.05) is 0 Å². The molecule has 0 spiro atoms. The molecule has 2 heterocycles. The number of halogens is 1. The molecule has 1 aliphatic heterocycles. The largest absolute Gasteiger partial charge is 0.352 e. The second kappa shape index (κ2) is 6.32. The minimum Gasteiger partial charge on any atom is -0.352 e. The maximum absolute atomic E-state index is 13.0. The fourth-order valence-corrected chi connectivity index (χ4v) is 3.05. The van der Waals surface area contributed by atoms with E-state index in [2.05, 4.69) is 20.4 Å². The van der Waals surface area contributed by atoms with E-state index < -0.39 is 0 Å². The van der Waals surface area contributed by atoms with Gasteiger partial charge in [-0.25, -0.2) is 4.39 Å². The predicted molar refractivity (Wildman–Crippen MR) is 84.3 cm³/mol. The minimum absolute atomic E-state index is 0.105. The number of aromatic nitrogens is 2. The highest BCUT2D eigenvalue weighted by atomic mass is 19.1. The van der Waals surface area contributed by atoms with Crippen molar-refractivity contribution in [3.63, 3.8) is 0 Å². The maximum Gasteiger partial charge on any atom is 0.241 e. The van der Waals surface area contributed by atoms with Gasteiger partial charge in [0.1, 0.15) is 5.82 Å². The van der Waals surface area contributed by atoms with Crippen LogP contribution in [0, 0.1) is 5.82 Å². The van der Waals surface area contributed by atoms with Crippen LogP contribution in [0.5, 0.6) is 0 Å². The number of rotatable bonds is 5. The quantitative estimate of drug-likeness (QED) is 0.909. The first-order valence-electron chi connectivity index (χ1n) is 8.32. The molecule has 126 valence electrons. The molecule has 1 atom stereocenters. The molecule has 24 heavy (non-hydrogen) atoms. The van der Waals surface area contributed by atoms with E-state index in [0.717, 1.165) is 32.2 Å².